The van der Waals surface area contributed by atoms with Crippen LogP contribution in [0.25, 0.3) is 5.82 Å². The van der Waals surface area contributed by atoms with Crippen molar-refractivity contribution in [1.82, 2.24) is 19.9 Å². The van der Waals surface area contributed by atoms with Crippen LogP contribution in [0.3, 0.4) is 0 Å². The molecule has 2 aromatic rings. The third-order valence-corrected chi connectivity index (χ3v) is 2.09. The van der Waals surface area contributed by atoms with E-state index in [4.69, 9.17) is 9.84 Å². The highest BCUT2D eigenvalue weighted by Gasteiger charge is 2.27. The van der Waals surface area contributed by atoms with E-state index in [0.29, 0.717) is 11.5 Å². The summed E-state index contributed by atoms with van der Waals surface area (Å²) in [7, 11) is 0. The van der Waals surface area contributed by atoms with E-state index in [1.54, 1.807) is 0 Å². The van der Waals surface area contributed by atoms with Gasteiger partial charge >= 0.3 is 11.8 Å². The summed E-state index contributed by atoms with van der Waals surface area (Å²) in [5, 5.41) is 15.9. The molecule has 15 heavy (non-hydrogen) atoms. The molecule has 0 radical (unpaired) electrons. The van der Waals surface area contributed by atoms with Crippen molar-refractivity contribution in [3.8, 4) is 11.7 Å². The lowest BCUT2D eigenvalue weighted by Crippen LogP contribution is -2.14. The van der Waals surface area contributed by atoms with Crippen LogP contribution in [0.5, 0.6) is 5.88 Å². The van der Waals surface area contributed by atoms with Crippen LogP contribution >= 0.6 is 0 Å². The fourth-order valence-corrected chi connectivity index (χ4v) is 1.42. The van der Waals surface area contributed by atoms with Crippen LogP contribution in [-0.4, -0.2) is 30.9 Å². The largest absolute Gasteiger partial charge is 0.476 e. The van der Waals surface area contributed by atoms with Gasteiger partial charge in [-0.3, -0.25) is 4.57 Å². The standard InChI is InChI=1S/C7H4N4O4/c12-7(13)4-3-1-14-6-5(9-15-10-6)11(3)2-8-4/h2H,1H2,(H,12,13). The second-order valence-corrected chi connectivity index (χ2v) is 2.90. The van der Waals surface area contributed by atoms with Gasteiger partial charge in [0.1, 0.15) is 12.9 Å². The van der Waals surface area contributed by atoms with Gasteiger partial charge in [-0.25, -0.2) is 14.4 Å². The number of aromatic nitrogens is 4. The average molecular weight is 208 g/mol. The summed E-state index contributed by atoms with van der Waals surface area (Å²) in [6, 6.07) is 0. The second kappa shape index (κ2) is 2.56. The molecule has 0 unspecified atom stereocenters. The third kappa shape index (κ3) is 0.951. The predicted octanol–water partition coefficient (Wildman–Crippen LogP) is -0.154. The minimum atomic E-state index is -1.10. The molecule has 0 bridgehead atoms. The van der Waals surface area contributed by atoms with Gasteiger partial charge in [-0.2, -0.15) is 0 Å². The SMILES string of the molecule is O=C(O)c1ncn2c1COc1nonc1-2. The number of nitrogens with zero attached hydrogens (tertiary/aromatic N) is 4. The highest BCUT2D eigenvalue weighted by Crippen LogP contribution is 2.27. The van der Waals surface area contributed by atoms with Crippen molar-refractivity contribution in [2.75, 3.05) is 0 Å². The van der Waals surface area contributed by atoms with Crippen LogP contribution in [0.4, 0.5) is 0 Å². The van der Waals surface area contributed by atoms with Crippen molar-refractivity contribution in [3.63, 3.8) is 0 Å². The van der Waals surface area contributed by atoms with Crippen molar-refractivity contribution in [1.29, 1.82) is 0 Å². The maximum atomic E-state index is 10.8. The number of carbonyl (C=O) groups is 1. The molecule has 1 aliphatic rings. The fraction of sp³-hybridized carbons (Fsp3) is 0.143. The van der Waals surface area contributed by atoms with Crippen LogP contribution in [0.2, 0.25) is 0 Å². The number of carboxylic acid groups (broad SMARTS) is 1. The Morgan fingerprint density at radius 1 is 1.53 bits per heavy atom. The van der Waals surface area contributed by atoms with Gasteiger partial charge in [-0.15, -0.1) is 0 Å². The van der Waals surface area contributed by atoms with Gasteiger partial charge in [0.25, 0.3) is 0 Å². The van der Waals surface area contributed by atoms with Gasteiger partial charge < -0.3 is 9.84 Å². The first kappa shape index (κ1) is 7.97. The predicted molar refractivity (Wildman–Crippen MR) is 42.7 cm³/mol. The van der Waals surface area contributed by atoms with Crippen molar-refractivity contribution in [2.24, 2.45) is 0 Å². The molecular weight excluding hydrogens is 204 g/mol. The van der Waals surface area contributed by atoms with Crippen LogP contribution in [0, 0.1) is 0 Å². The Morgan fingerprint density at radius 2 is 2.40 bits per heavy atom. The molecule has 1 N–H and O–H groups in total. The molecule has 0 spiro atoms. The van der Waals surface area contributed by atoms with Gasteiger partial charge in [0, 0.05) is 0 Å². The van der Waals surface area contributed by atoms with Crippen molar-refractivity contribution < 1.29 is 19.3 Å². The zero-order valence-corrected chi connectivity index (χ0v) is 7.25. The summed E-state index contributed by atoms with van der Waals surface area (Å²) in [6.45, 7) is 0.0862. The molecular formula is C7H4N4O4. The van der Waals surface area contributed by atoms with Crippen molar-refractivity contribution in [3.05, 3.63) is 17.7 Å². The molecule has 0 aromatic carbocycles. The third-order valence-electron chi connectivity index (χ3n) is 2.09. The molecule has 3 rings (SSSR count). The molecule has 0 amide bonds. The highest BCUT2D eigenvalue weighted by atomic mass is 16.6. The zero-order valence-electron chi connectivity index (χ0n) is 7.25. The van der Waals surface area contributed by atoms with E-state index in [0.717, 1.165) is 0 Å². The summed E-state index contributed by atoms with van der Waals surface area (Å²) in [6.07, 6.45) is 1.35. The maximum absolute atomic E-state index is 10.8. The summed E-state index contributed by atoms with van der Waals surface area (Å²) in [5.41, 5.74) is 0.370. The number of hydrogen-bond donors (Lipinski definition) is 1. The Bertz CT molecular complexity index is 543. The molecule has 76 valence electrons. The lowest BCUT2D eigenvalue weighted by molar-refractivity contribution is 0.0687. The number of ether oxygens (including phenoxy) is 1. The number of imidazole rings is 1. The molecule has 8 heteroatoms. The highest BCUT2D eigenvalue weighted by molar-refractivity contribution is 5.87. The molecule has 0 fully saturated rings. The number of rotatable bonds is 1. The van der Waals surface area contributed by atoms with Gasteiger partial charge in [-0.1, -0.05) is 0 Å². The molecule has 0 saturated heterocycles. The van der Waals surface area contributed by atoms with E-state index in [9.17, 15) is 4.79 Å². The molecule has 1 aliphatic heterocycles. The molecule has 0 aliphatic carbocycles. The van der Waals surface area contributed by atoms with E-state index in [1.807, 2.05) is 0 Å². The number of aromatic carboxylic acids is 1. The van der Waals surface area contributed by atoms with Crippen LogP contribution in [-0.2, 0) is 6.61 Å². The quantitative estimate of drug-likeness (QED) is 0.694. The smallest absolute Gasteiger partial charge is 0.356 e. The van der Waals surface area contributed by atoms with Gasteiger partial charge in [0.05, 0.1) is 5.69 Å². The van der Waals surface area contributed by atoms with Gasteiger partial charge in [0.2, 0.25) is 5.82 Å². The lowest BCUT2D eigenvalue weighted by atomic mass is 10.3. The van der Waals surface area contributed by atoms with E-state index in [-0.39, 0.29) is 18.2 Å². The van der Waals surface area contributed by atoms with Gasteiger partial charge in [0.15, 0.2) is 5.69 Å². The summed E-state index contributed by atoms with van der Waals surface area (Å²) >= 11 is 0. The topological polar surface area (TPSA) is 103 Å². The first-order chi connectivity index (χ1) is 7.27. The summed E-state index contributed by atoms with van der Waals surface area (Å²) in [4.78, 5) is 14.5. The van der Waals surface area contributed by atoms with E-state index in [2.05, 4.69) is 19.9 Å². The Morgan fingerprint density at radius 3 is 3.20 bits per heavy atom. The van der Waals surface area contributed by atoms with E-state index >= 15 is 0 Å². The normalized spacial score (nSPS) is 12.8. The molecule has 0 atom stereocenters. The van der Waals surface area contributed by atoms with E-state index < -0.39 is 5.97 Å². The number of fused-ring (bicyclic) bond motifs is 3. The van der Waals surface area contributed by atoms with Crippen LogP contribution in [0.1, 0.15) is 16.2 Å². The molecule has 2 aromatic heterocycles. The summed E-state index contributed by atoms with van der Waals surface area (Å²) < 4.78 is 11.1. The second-order valence-electron chi connectivity index (χ2n) is 2.90. The number of carboxylic acids is 1. The molecule has 0 saturated carbocycles. The maximum Gasteiger partial charge on any atom is 0.356 e. The molecule has 3 heterocycles. The zero-order chi connectivity index (χ0) is 10.4. The fourth-order valence-electron chi connectivity index (χ4n) is 1.42. The van der Waals surface area contributed by atoms with E-state index in [1.165, 1.54) is 10.9 Å². The minimum Gasteiger partial charge on any atom is -0.476 e. The Balaban J connectivity index is 2.23. The Labute approximate surface area is 82.1 Å². The van der Waals surface area contributed by atoms with Crippen molar-refractivity contribution >= 4 is 5.97 Å². The Kier molecular flexibility index (Phi) is 1.36. The van der Waals surface area contributed by atoms with Crippen LogP contribution < -0.4 is 4.74 Å². The molecule has 8 nitrogen and oxygen atoms in total. The van der Waals surface area contributed by atoms with Crippen LogP contribution in [0.15, 0.2) is 11.0 Å². The minimum absolute atomic E-state index is 0.0522. The van der Waals surface area contributed by atoms with Gasteiger partial charge in [-0.05, 0) is 10.3 Å². The number of hydrogen-bond acceptors (Lipinski definition) is 6. The Hall–Kier alpha value is -2.38. The first-order valence-electron chi connectivity index (χ1n) is 4.02. The first-order valence-corrected chi connectivity index (χ1v) is 4.02. The van der Waals surface area contributed by atoms with Crippen molar-refractivity contribution in [2.45, 2.75) is 6.61 Å². The lowest BCUT2D eigenvalue weighted by Gasteiger charge is -2.12. The monoisotopic (exact) mass is 208 g/mol. The average Bonchev–Trinajstić information content (AvgIpc) is 2.82. The summed E-state index contributed by atoms with van der Waals surface area (Å²) in [5.74, 6) is -0.555.